The second-order valence-electron chi connectivity index (χ2n) is 8.19. The van der Waals surface area contributed by atoms with Gasteiger partial charge in [0.05, 0.1) is 5.75 Å². The number of nitrogens with one attached hydrogen (secondary N) is 1. The van der Waals surface area contributed by atoms with Gasteiger partial charge < -0.3 is 5.32 Å². The summed E-state index contributed by atoms with van der Waals surface area (Å²) in [4.78, 5) is 12.2. The molecule has 0 bridgehead atoms. The van der Waals surface area contributed by atoms with Gasteiger partial charge in [-0.2, -0.15) is 0 Å². The van der Waals surface area contributed by atoms with Crippen molar-refractivity contribution >= 4 is 17.7 Å². The second-order valence-corrected chi connectivity index (χ2v) is 9.13. The SMILES string of the molecule is C=CCn1c(SCC(=O)NCc2ccccc2F)nnc1-c1ccc(C(C)(C)C)cc1. The van der Waals surface area contributed by atoms with Crippen molar-refractivity contribution in [1.29, 1.82) is 0 Å². The Morgan fingerprint density at radius 3 is 2.52 bits per heavy atom. The molecule has 3 aromatic rings. The van der Waals surface area contributed by atoms with Gasteiger partial charge in [-0.15, -0.1) is 16.8 Å². The van der Waals surface area contributed by atoms with Crippen molar-refractivity contribution in [3.05, 3.63) is 78.1 Å². The van der Waals surface area contributed by atoms with Gasteiger partial charge in [-0.25, -0.2) is 4.39 Å². The van der Waals surface area contributed by atoms with Crippen molar-refractivity contribution < 1.29 is 9.18 Å². The Bertz CT molecular complexity index is 1050. The fourth-order valence-electron chi connectivity index (χ4n) is 3.04. The van der Waals surface area contributed by atoms with E-state index in [1.165, 1.54) is 23.4 Å². The van der Waals surface area contributed by atoms with Gasteiger partial charge in [0.25, 0.3) is 0 Å². The molecule has 162 valence electrons. The topological polar surface area (TPSA) is 59.8 Å². The Morgan fingerprint density at radius 2 is 1.87 bits per heavy atom. The summed E-state index contributed by atoms with van der Waals surface area (Å²) in [6.07, 6.45) is 1.78. The normalized spacial score (nSPS) is 11.4. The first-order valence-corrected chi connectivity index (χ1v) is 11.1. The number of nitrogens with zero attached hydrogens (tertiary/aromatic N) is 3. The summed E-state index contributed by atoms with van der Waals surface area (Å²) in [7, 11) is 0. The Morgan fingerprint density at radius 1 is 1.16 bits per heavy atom. The average Bonchev–Trinajstić information content (AvgIpc) is 3.14. The van der Waals surface area contributed by atoms with Gasteiger partial charge in [0.1, 0.15) is 5.82 Å². The first kappa shape index (κ1) is 22.7. The predicted octanol–water partition coefficient (Wildman–Crippen LogP) is 4.98. The minimum absolute atomic E-state index is 0.0738. The fourth-order valence-corrected chi connectivity index (χ4v) is 3.82. The van der Waals surface area contributed by atoms with Crippen LogP contribution in [0, 0.1) is 5.82 Å². The van der Waals surface area contributed by atoms with Crippen LogP contribution in [0.4, 0.5) is 4.39 Å². The zero-order valence-electron chi connectivity index (χ0n) is 18.1. The van der Waals surface area contributed by atoms with Gasteiger partial charge in [0, 0.05) is 24.2 Å². The molecular formula is C24H27FN4OS. The van der Waals surface area contributed by atoms with E-state index in [4.69, 9.17) is 0 Å². The number of hydrogen-bond donors (Lipinski definition) is 1. The molecule has 0 saturated heterocycles. The molecule has 1 heterocycles. The van der Waals surface area contributed by atoms with Crippen LogP contribution in [0.25, 0.3) is 11.4 Å². The summed E-state index contributed by atoms with van der Waals surface area (Å²) in [6, 6.07) is 14.7. The summed E-state index contributed by atoms with van der Waals surface area (Å²) in [5, 5.41) is 12.0. The molecule has 0 aliphatic carbocycles. The van der Waals surface area contributed by atoms with Crippen LogP contribution in [0.3, 0.4) is 0 Å². The molecule has 0 aliphatic rings. The zero-order valence-corrected chi connectivity index (χ0v) is 18.9. The van der Waals surface area contributed by atoms with E-state index in [9.17, 15) is 9.18 Å². The Hall–Kier alpha value is -2.93. The maximum atomic E-state index is 13.7. The lowest BCUT2D eigenvalue weighted by molar-refractivity contribution is -0.118. The van der Waals surface area contributed by atoms with Gasteiger partial charge >= 0.3 is 0 Å². The summed E-state index contributed by atoms with van der Waals surface area (Å²) in [5.41, 5.74) is 2.73. The molecule has 2 aromatic carbocycles. The number of allylic oxidation sites excluding steroid dienone is 1. The molecule has 0 unspecified atom stereocenters. The van der Waals surface area contributed by atoms with E-state index in [0.717, 1.165) is 11.4 Å². The van der Waals surface area contributed by atoms with Crippen molar-refractivity contribution in [2.45, 2.75) is 44.4 Å². The number of hydrogen-bond acceptors (Lipinski definition) is 4. The molecule has 0 saturated carbocycles. The van der Waals surface area contributed by atoms with E-state index < -0.39 is 0 Å². The number of carbonyl (C=O) groups is 1. The maximum Gasteiger partial charge on any atom is 0.230 e. The lowest BCUT2D eigenvalue weighted by Crippen LogP contribution is -2.25. The second kappa shape index (κ2) is 9.92. The summed E-state index contributed by atoms with van der Waals surface area (Å²) < 4.78 is 15.6. The van der Waals surface area contributed by atoms with Crippen molar-refractivity contribution in [3.63, 3.8) is 0 Å². The van der Waals surface area contributed by atoms with E-state index in [0.29, 0.717) is 17.3 Å². The number of carbonyl (C=O) groups excluding carboxylic acids is 1. The van der Waals surface area contributed by atoms with E-state index in [-0.39, 0.29) is 29.4 Å². The van der Waals surface area contributed by atoms with E-state index in [1.807, 2.05) is 16.7 Å². The predicted molar refractivity (Wildman–Crippen MR) is 123 cm³/mol. The first-order chi connectivity index (χ1) is 14.8. The number of thioether (sulfide) groups is 1. The number of amides is 1. The standard InChI is InChI=1S/C24H27FN4OS/c1-5-14-29-22(17-10-12-19(13-11-17)24(2,3)4)27-28-23(29)31-16-21(30)26-15-18-8-6-7-9-20(18)25/h5-13H,1,14-16H2,2-4H3,(H,26,30). The van der Waals surface area contributed by atoms with Gasteiger partial charge in [0.2, 0.25) is 5.91 Å². The van der Waals surface area contributed by atoms with Crippen LogP contribution in [0.2, 0.25) is 0 Å². The van der Waals surface area contributed by atoms with Crippen LogP contribution in [0.5, 0.6) is 0 Å². The Kier molecular flexibility index (Phi) is 7.28. The van der Waals surface area contributed by atoms with Crippen molar-refractivity contribution in [3.8, 4) is 11.4 Å². The van der Waals surface area contributed by atoms with Crippen molar-refractivity contribution in [2.75, 3.05) is 5.75 Å². The fraction of sp³-hybridized carbons (Fsp3) is 0.292. The monoisotopic (exact) mass is 438 g/mol. The van der Waals surface area contributed by atoms with Crippen LogP contribution >= 0.6 is 11.8 Å². The number of benzene rings is 2. The molecule has 0 spiro atoms. The first-order valence-electron chi connectivity index (χ1n) is 10.1. The molecule has 0 atom stereocenters. The molecule has 31 heavy (non-hydrogen) atoms. The van der Waals surface area contributed by atoms with Crippen molar-refractivity contribution in [1.82, 2.24) is 20.1 Å². The largest absolute Gasteiger partial charge is 0.351 e. The van der Waals surface area contributed by atoms with Crippen LogP contribution < -0.4 is 5.32 Å². The molecule has 1 amide bonds. The molecule has 1 aromatic heterocycles. The minimum atomic E-state index is -0.330. The highest BCUT2D eigenvalue weighted by atomic mass is 32.2. The van der Waals surface area contributed by atoms with Gasteiger partial charge in [-0.1, -0.05) is 81.1 Å². The highest BCUT2D eigenvalue weighted by molar-refractivity contribution is 7.99. The lowest BCUT2D eigenvalue weighted by atomic mass is 9.87. The number of aromatic nitrogens is 3. The van der Waals surface area contributed by atoms with E-state index in [2.05, 4.69) is 55.0 Å². The Balaban J connectivity index is 1.68. The van der Waals surface area contributed by atoms with Crippen LogP contribution in [0.15, 0.2) is 66.3 Å². The number of halogens is 1. The summed E-state index contributed by atoms with van der Waals surface area (Å²) >= 11 is 1.29. The van der Waals surface area contributed by atoms with Gasteiger partial charge in [0.15, 0.2) is 11.0 Å². The quantitative estimate of drug-likeness (QED) is 0.398. The third-order valence-electron chi connectivity index (χ3n) is 4.80. The molecule has 0 fully saturated rings. The average molecular weight is 439 g/mol. The highest BCUT2D eigenvalue weighted by Crippen LogP contribution is 2.27. The zero-order chi connectivity index (χ0) is 22.4. The lowest BCUT2D eigenvalue weighted by Gasteiger charge is -2.19. The van der Waals surface area contributed by atoms with Gasteiger partial charge in [-0.05, 0) is 17.0 Å². The highest BCUT2D eigenvalue weighted by Gasteiger charge is 2.17. The molecule has 0 radical (unpaired) electrons. The molecule has 1 N–H and O–H groups in total. The van der Waals surface area contributed by atoms with Crippen LogP contribution in [-0.4, -0.2) is 26.4 Å². The Labute approximate surface area is 186 Å². The van der Waals surface area contributed by atoms with E-state index in [1.54, 1.807) is 24.3 Å². The van der Waals surface area contributed by atoms with Crippen LogP contribution in [0.1, 0.15) is 31.9 Å². The molecular weight excluding hydrogens is 411 g/mol. The van der Waals surface area contributed by atoms with Gasteiger partial charge in [-0.3, -0.25) is 9.36 Å². The molecule has 5 nitrogen and oxygen atoms in total. The van der Waals surface area contributed by atoms with E-state index >= 15 is 0 Å². The maximum absolute atomic E-state index is 13.7. The minimum Gasteiger partial charge on any atom is -0.351 e. The smallest absolute Gasteiger partial charge is 0.230 e. The third-order valence-corrected chi connectivity index (χ3v) is 5.77. The molecule has 3 rings (SSSR count). The number of rotatable bonds is 8. The van der Waals surface area contributed by atoms with Crippen LogP contribution in [-0.2, 0) is 23.3 Å². The summed E-state index contributed by atoms with van der Waals surface area (Å²) in [6.45, 7) is 11.0. The van der Waals surface area contributed by atoms with Crippen molar-refractivity contribution in [2.24, 2.45) is 0 Å². The molecule has 7 heteroatoms. The third kappa shape index (κ3) is 5.82. The molecule has 0 aliphatic heterocycles. The summed E-state index contributed by atoms with van der Waals surface area (Å²) in [5.74, 6) is 0.363.